The Balaban J connectivity index is 2.04. The van der Waals surface area contributed by atoms with Crippen molar-refractivity contribution >= 4 is 39.9 Å². The zero-order valence-corrected chi connectivity index (χ0v) is 13.1. The van der Waals surface area contributed by atoms with E-state index in [-0.39, 0.29) is 5.91 Å². The lowest BCUT2D eigenvalue weighted by Gasteiger charge is -2.12. The molecule has 0 aliphatic carbocycles. The number of fused-ring (bicyclic) bond motifs is 1. The molecule has 0 saturated heterocycles. The Hall–Kier alpha value is -1.69. The number of nitrogens with zero attached hydrogens (tertiary/aromatic N) is 1. The minimum Gasteiger partial charge on any atom is -0.314 e. The number of para-hydroxylation sites is 1. The summed E-state index contributed by atoms with van der Waals surface area (Å²) >= 11 is 2.23. The van der Waals surface area contributed by atoms with E-state index in [4.69, 9.17) is 5.41 Å². The molecule has 2 aromatic carbocycles. The molecule has 4 heteroatoms. The Kier molecular flexibility index (Phi) is 3.33. The SMILES string of the molecule is CN1C(=O)C(C(=N)c2ccc(I)cc2)c2ccccc21. The highest BCUT2D eigenvalue weighted by Crippen LogP contribution is 2.37. The maximum Gasteiger partial charge on any atom is 0.240 e. The second kappa shape index (κ2) is 5.01. The van der Waals surface area contributed by atoms with Crippen molar-refractivity contribution in [3.8, 4) is 0 Å². The summed E-state index contributed by atoms with van der Waals surface area (Å²) in [6.07, 6.45) is 0. The first kappa shape index (κ1) is 13.3. The average molecular weight is 376 g/mol. The first-order valence-corrected chi connectivity index (χ1v) is 7.38. The number of nitrogens with one attached hydrogen (secondary N) is 1. The zero-order valence-electron chi connectivity index (χ0n) is 10.9. The first-order valence-electron chi connectivity index (χ1n) is 6.30. The molecule has 0 bridgehead atoms. The Bertz CT molecular complexity index is 694. The summed E-state index contributed by atoms with van der Waals surface area (Å²) in [6.45, 7) is 0. The monoisotopic (exact) mass is 376 g/mol. The lowest BCUT2D eigenvalue weighted by molar-refractivity contribution is -0.117. The second-order valence-corrected chi connectivity index (χ2v) is 6.06. The molecule has 20 heavy (non-hydrogen) atoms. The predicted octanol–water partition coefficient (Wildman–Crippen LogP) is 3.42. The predicted molar refractivity (Wildman–Crippen MR) is 88.6 cm³/mol. The highest BCUT2D eigenvalue weighted by atomic mass is 127. The molecule has 1 aliphatic rings. The molecule has 1 aliphatic heterocycles. The molecule has 0 spiro atoms. The largest absolute Gasteiger partial charge is 0.314 e. The molecule has 3 nitrogen and oxygen atoms in total. The number of carbonyl (C=O) groups excluding carboxylic acids is 1. The van der Waals surface area contributed by atoms with Crippen molar-refractivity contribution in [3.05, 3.63) is 63.2 Å². The van der Waals surface area contributed by atoms with Gasteiger partial charge in [0.25, 0.3) is 0 Å². The fraction of sp³-hybridized carbons (Fsp3) is 0.125. The Morgan fingerprint density at radius 1 is 1.15 bits per heavy atom. The van der Waals surface area contributed by atoms with Crippen LogP contribution in [0.2, 0.25) is 0 Å². The first-order chi connectivity index (χ1) is 9.59. The van der Waals surface area contributed by atoms with Gasteiger partial charge in [-0.3, -0.25) is 4.79 Å². The quantitative estimate of drug-likeness (QED) is 0.634. The molecule has 3 rings (SSSR count). The van der Waals surface area contributed by atoms with Crippen molar-refractivity contribution in [2.75, 3.05) is 11.9 Å². The molecule has 1 N–H and O–H groups in total. The molecule has 1 atom stereocenters. The number of rotatable bonds is 2. The summed E-state index contributed by atoms with van der Waals surface area (Å²) in [5.74, 6) is -0.522. The topological polar surface area (TPSA) is 44.2 Å². The zero-order chi connectivity index (χ0) is 14.3. The molecule has 0 fully saturated rings. The fourth-order valence-corrected chi connectivity index (χ4v) is 2.92. The Morgan fingerprint density at radius 3 is 2.50 bits per heavy atom. The maximum atomic E-state index is 12.4. The maximum absolute atomic E-state index is 12.4. The third-order valence-corrected chi connectivity index (χ3v) is 4.35. The molecular weight excluding hydrogens is 363 g/mol. The lowest BCUT2D eigenvalue weighted by Crippen LogP contribution is -2.28. The number of likely N-dealkylation sites (N-methyl/N-ethyl adjacent to an activating group) is 1. The molecule has 1 amide bonds. The van der Waals surface area contributed by atoms with Crippen molar-refractivity contribution in [1.82, 2.24) is 0 Å². The third-order valence-electron chi connectivity index (χ3n) is 3.63. The molecule has 2 aromatic rings. The van der Waals surface area contributed by atoms with E-state index in [1.807, 2.05) is 48.5 Å². The molecule has 0 radical (unpaired) electrons. The number of carbonyl (C=O) groups is 1. The van der Waals surface area contributed by atoms with Crippen molar-refractivity contribution < 1.29 is 4.79 Å². The van der Waals surface area contributed by atoms with E-state index in [2.05, 4.69) is 22.6 Å². The van der Waals surface area contributed by atoms with Crippen LogP contribution in [-0.4, -0.2) is 18.7 Å². The van der Waals surface area contributed by atoms with Crippen LogP contribution in [0, 0.1) is 8.98 Å². The van der Waals surface area contributed by atoms with Gasteiger partial charge >= 0.3 is 0 Å². The van der Waals surface area contributed by atoms with Crippen LogP contribution in [0.15, 0.2) is 48.5 Å². The highest BCUT2D eigenvalue weighted by Gasteiger charge is 2.37. The standard InChI is InChI=1S/C16H13IN2O/c1-19-13-5-3-2-4-12(13)14(16(19)20)15(18)10-6-8-11(17)9-7-10/h2-9,14,18H,1H3. The van der Waals surface area contributed by atoms with Gasteiger partial charge in [-0.25, -0.2) is 0 Å². The van der Waals surface area contributed by atoms with Crippen LogP contribution < -0.4 is 4.90 Å². The van der Waals surface area contributed by atoms with E-state index in [0.717, 1.165) is 20.4 Å². The van der Waals surface area contributed by atoms with E-state index in [1.54, 1.807) is 11.9 Å². The number of hydrogen-bond donors (Lipinski definition) is 1. The van der Waals surface area contributed by atoms with E-state index in [0.29, 0.717) is 5.71 Å². The number of anilines is 1. The molecule has 0 aromatic heterocycles. The molecule has 0 saturated carbocycles. The highest BCUT2D eigenvalue weighted by molar-refractivity contribution is 14.1. The average Bonchev–Trinajstić information content (AvgIpc) is 2.72. The van der Waals surface area contributed by atoms with Crippen LogP contribution in [0.5, 0.6) is 0 Å². The summed E-state index contributed by atoms with van der Waals surface area (Å²) < 4.78 is 1.12. The normalized spacial score (nSPS) is 17.2. The van der Waals surface area contributed by atoms with Gasteiger partial charge in [0.05, 0.1) is 5.71 Å². The second-order valence-electron chi connectivity index (χ2n) is 4.81. The van der Waals surface area contributed by atoms with Crippen LogP contribution in [0.4, 0.5) is 5.69 Å². The van der Waals surface area contributed by atoms with Crippen LogP contribution >= 0.6 is 22.6 Å². The van der Waals surface area contributed by atoms with Gasteiger partial charge in [0, 0.05) is 16.3 Å². The van der Waals surface area contributed by atoms with Gasteiger partial charge in [0.15, 0.2) is 0 Å². The van der Waals surface area contributed by atoms with Gasteiger partial charge in [0.2, 0.25) is 5.91 Å². The Labute approximate surface area is 131 Å². The summed E-state index contributed by atoms with van der Waals surface area (Å²) in [4.78, 5) is 14.1. The van der Waals surface area contributed by atoms with Gasteiger partial charge in [-0.15, -0.1) is 0 Å². The minimum atomic E-state index is -0.490. The van der Waals surface area contributed by atoms with Gasteiger partial charge < -0.3 is 10.3 Å². The van der Waals surface area contributed by atoms with E-state index in [9.17, 15) is 4.79 Å². The number of amides is 1. The smallest absolute Gasteiger partial charge is 0.240 e. The molecule has 100 valence electrons. The summed E-state index contributed by atoms with van der Waals surface area (Å²) in [7, 11) is 1.77. The van der Waals surface area contributed by atoms with Gasteiger partial charge in [-0.05, 0) is 51.9 Å². The van der Waals surface area contributed by atoms with Gasteiger partial charge in [-0.2, -0.15) is 0 Å². The van der Waals surface area contributed by atoms with Crippen LogP contribution in [0.1, 0.15) is 17.0 Å². The molecule has 1 heterocycles. The Morgan fingerprint density at radius 2 is 1.80 bits per heavy atom. The van der Waals surface area contributed by atoms with Crippen molar-refractivity contribution in [2.45, 2.75) is 5.92 Å². The third kappa shape index (κ3) is 2.04. The van der Waals surface area contributed by atoms with Crippen LogP contribution in [0.25, 0.3) is 0 Å². The van der Waals surface area contributed by atoms with E-state index in [1.165, 1.54) is 0 Å². The van der Waals surface area contributed by atoms with Crippen LogP contribution in [0.3, 0.4) is 0 Å². The number of halogens is 1. The summed E-state index contributed by atoms with van der Waals surface area (Å²) in [5.41, 5.74) is 2.98. The minimum absolute atomic E-state index is 0.0326. The number of hydrogen-bond acceptors (Lipinski definition) is 2. The van der Waals surface area contributed by atoms with Crippen molar-refractivity contribution in [3.63, 3.8) is 0 Å². The van der Waals surface area contributed by atoms with Crippen molar-refractivity contribution in [1.29, 1.82) is 5.41 Å². The van der Waals surface area contributed by atoms with E-state index >= 15 is 0 Å². The van der Waals surface area contributed by atoms with Gasteiger partial charge in [-0.1, -0.05) is 30.3 Å². The lowest BCUT2D eigenvalue weighted by atomic mass is 9.91. The van der Waals surface area contributed by atoms with Crippen LogP contribution in [-0.2, 0) is 4.79 Å². The van der Waals surface area contributed by atoms with Gasteiger partial charge in [0.1, 0.15) is 5.92 Å². The van der Waals surface area contributed by atoms with E-state index < -0.39 is 5.92 Å². The summed E-state index contributed by atoms with van der Waals surface area (Å²) in [6, 6.07) is 15.4. The summed E-state index contributed by atoms with van der Waals surface area (Å²) in [5, 5.41) is 8.40. The fourth-order valence-electron chi connectivity index (χ4n) is 2.56. The number of benzene rings is 2. The van der Waals surface area contributed by atoms with Crippen molar-refractivity contribution in [2.24, 2.45) is 0 Å². The molecule has 1 unspecified atom stereocenters. The molecular formula is C16H13IN2O.